The molecule has 0 radical (unpaired) electrons. The van der Waals surface area contributed by atoms with Crippen LogP contribution in [0.3, 0.4) is 0 Å². The topological polar surface area (TPSA) is 72.2 Å². The Bertz CT molecular complexity index is 704. The Morgan fingerprint density at radius 3 is 2.76 bits per heavy atom. The third-order valence-electron chi connectivity index (χ3n) is 3.58. The van der Waals surface area contributed by atoms with Gasteiger partial charge in [-0.2, -0.15) is 16.3 Å². The summed E-state index contributed by atoms with van der Waals surface area (Å²) in [6, 6.07) is 1.97. The maximum atomic E-state index is 12.2. The standard InChI is InChI=1S/C15H18N2O3S/c1-9(6-12-4-5-21-8-12)17-11(3)13(7-14(18)19)10(2)16-15(17)20/h4-5,8-9H,6-7H2,1-3H3,(H,18,19). The van der Waals surface area contributed by atoms with Crippen molar-refractivity contribution in [3.8, 4) is 0 Å². The van der Waals surface area contributed by atoms with Crippen molar-refractivity contribution in [3.05, 3.63) is 49.8 Å². The van der Waals surface area contributed by atoms with Crippen LogP contribution in [-0.2, 0) is 17.6 Å². The van der Waals surface area contributed by atoms with Crippen LogP contribution in [0, 0.1) is 13.8 Å². The van der Waals surface area contributed by atoms with E-state index in [1.165, 1.54) is 5.56 Å². The second-order valence-electron chi connectivity index (χ2n) is 5.17. The van der Waals surface area contributed by atoms with Gasteiger partial charge in [-0.1, -0.05) is 0 Å². The van der Waals surface area contributed by atoms with Gasteiger partial charge in [-0.05, 0) is 49.6 Å². The molecule has 1 atom stereocenters. The zero-order chi connectivity index (χ0) is 15.6. The average molecular weight is 306 g/mol. The fourth-order valence-corrected chi connectivity index (χ4v) is 3.26. The smallest absolute Gasteiger partial charge is 0.348 e. The highest BCUT2D eigenvalue weighted by Gasteiger charge is 2.18. The SMILES string of the molecule is Cc1nc(=O)n(C(C)Cc2ccsc2)c(C)c1CC(=O)O. The molecule has 0 bridgehead atoms. The van der Waals surface area contributed by atoms with Crippen LogP contribution in [0.1, 0.15) is 35.5 Å². The van der Waals surface area contributed by atoms with Gasteiger partial charge in [0.25, 0.3) is 0 Å². The Hall–Kier alpha value is -1.95. The summed E-state index contributed by atoms with van der Waals surface area (Å²) in [5.74, 6) is -0.918. The van der Waals surface area contributed by atoms with Crippen molar-refractivity contribution in [2.45, 2.75) is 39.7 Å². The van der Waals surface area contributed by atoms with Crippen LogP contribution >= 0.6 is 11.3 Å². The molecule has 2 aromatic heterocycles. The molecule has 5 nitrogen and oxygen atoms in total. The van der Waals surface area contributed by atoms with Crippen molar-refractivity contribution >= 4 is 17.3 Å². The molecular formula is C15H18N2O3S. The van der Waals surface area contributed by atoms with Gasteiger partial charge in [-0.3, -0.25) is 9.36 Å². The normalized spacial score (nSPS) is 12.3. The fraction of sp³-hybridized carbons (Fsp3) is 0.400. The Kier molecular flexibility index (Phi) is 4.57. The van der Waals surface area contributed by atoms with E-state index in [1.807, 2.05) is 18.4 Å². The first-order valence-electron chi connectivity index (χ1n) is 6.71. The molecule has 2 rings (SSSR count). The van der Waals surface area contributed by atoms with Crippen LogP contribution in [-0.4, -0.2) is 20.6 Å². The first-order valence-corrected chi connectivity index (χ1v) is 7.66. The molecule has 21 heavy (non-hydrogen) atoms. The summed E-state index contributed by atoms with van der Waals surface area (Å²) in [5, 5.41) is 13.1. The minimum atomic E-state index is -0.918. The molecule has 0 aliphatic heterocycles. The molecule has 1 N–H and O–H groups in total. The second kappa shape index (κ2) is 6.22. The summed E-state index contributed by atoms with van der Waals surface area (Å²) in [7, 11) is 0. The molecule has 1 unspecified atom stereocenters. The van der Waals surface area contributed by atoms with Crippen molar-refractivity contribution in [2.75, 3.05) is 0 Å². The molecule has 0 fully saturated rings. The van der Waals surface area contributed by atoms with Crippen LogP contribution in [0.15, 0.2) is 21.6 Å². The molecule has 0 aliphatic carbocycles. The third kappa shape index (κ3) is 3.39. The van der Waals surface area contributed by atoms with Gasteiger partial charge in [0.15, 0.2) is 0 Å². The van der Waals surface area contributed by atoms with Gasteiger partial charge in [-0.25, -0.2) is 4.79 Å². The van der Waals surface area contributed by atoms with E-state index < -0.39 is 5.97 Å². The molecule has 6 heteroatoms. The van der Waals surface area contributed by atoms with Crippen LogP contribution in [0.4, 0.5) is 0 Å². The lowest BCUT2D eigenvalue weighted by molar-refractivity contribution is -0.136. The number of aromatic nitrogens is 2. The van der Waals surface area contributed by atoms with Crippen molar-refractivity contribution in [2.24, 2.45) is 0 Å². The van der Waals surface area contributed by atoms with E-state index in [1.54, 1.807) is 29.8 Å². The third-order valence-corrected chi connectivity index (χ3v) is 4.32. The minimum Gasteiger partial charge on any atom is -0.481 e. The highest BCUT2D eigenvalue weighted by Crippen LogP contribution is 2.19. The van der Waals surface area contributed by atoms with E-state index in [2.05, 4.69) is 10.4 Å². The summed E-state index contributed by atoms with van der Waals surface area (Å²) in [4.78, 5) is 27.1. The molecule has 0 aromatic carbocycles. The highest BCUT2D eigenvalue weighted by molar-refractivity contribution is 7.07. The number of carbonyl (C=O) groups is 1. The van der Waals surface area contributed by atoms with Gasteiger partial charge in [0.1, 0.15) is 0 Å². The van der Waals surface area contributed by atoms with E-state index in [9.17, 15) is 9.59 Å². The number of hydrogen-bond donors (Lipinski definition) is 1. The minimum absolute atomic E-state index is 0.0623. The Balaban J connectivity index is 2.42. The largest absolute Gasteiger partial charge is 0.481 e. The number of thiophene rings is 1. The molecule has 0 saturated heterocycles. The first kappa shape index (κ1) is 15.4. The molecule has 2 heterocycles. The monoisotopic (exact) mass is 306 g/mol. The Labute approximate surface area is 126 Å². The lowest BCUT2D eigenvalue weighted by Crippen LogP contribution is -2.31. The first-order chi connectivity index (χ1) is 9.90. The maximum Gasteiger partial charge on any atom is 0.348 e. The number of aryl methyl sites for hydroxylation is 1. The lowest BCUT2D eigenvalue weighted by Gasteiger charge is -2.20. The summed E-state index contributed by atoms with van der Waals surface area (Å²) < 4.78 is 1.60. The Morgan fingerprint density at radius 1 is 1.48 bits per heavy atom. The zero-order valence-corrected chi connectivity index (χ0v) is 13.1. The summed E-state index contributed by atoms with van der Waals surface area (Å²) in [6.45, 7) is 5.42. The van der Waals surface area contributed by atoms with E-state index in [0.717, 1.165) is 6.42 Å². The maximum absolute atomic E-state index is 12.2. The van der Waals surface area contributed by atoms with E-state index >= 15 is 0 Å². The van der Waals surface area contributed by atoms with Gasteiger partial charge >= 0.3 is 11.7 Å². The zero-order valence-electron chi connectivity index (χ0n) is 12.3. The van der Waals surface area contributed by atoms with E-state index in [-0.39, 0.29) is 18.2 Å². The molecule has 0 saturated carbocycles. The predicted molar refractivity (Wildman–Crippen MR) is 82.0 cm³/mol. The molecule has 0 aliphatic rings. The van der Waals surface area contributed by atoms with Crippen LogP contribution < -0.4 is 5.69 Å². The summed E-state index contributed by atoms with van der Waals surface area (Å²) in [6.07, 6.45) is 0.609. The van der Waals surface area contributed by atoms with Crippen molar-refractivity contribution in [1.82, 2.24) is 9.55 Å². The second-order valence-corrected chi connectivity index (χ2v) is 5.95. The van der Waals surface area contributed by atoms with Crippen molar-refractivity contribution < 1.29 is 9.90 Å². The fourth-order valence-electron chi connectivity index (χ4n) is 2.58. The Morgan fingerprint density at radius 2 is 2.19 bits per heavy atom. The number of aliphatic carboxylic acids is 1. The van der Waals surface area contributed by atoms with E-state index in [0.29, 0.717) is 17.0 Å². The summed E-state index contributed by atoms with van der Waals surface area (Å²) in [5.41, 5.74) is 2.66. The van der Waals surface area contributed by atoms with Crippen molar-refractivity contribution in [3.63, 3.8) is 0 Å². The molecule has 112 valence electrons. The molecule has 0 spiro atoms. The number of nitrogens with zero attached hydrogens (tertiary/aromatic N) is 2. The molecule has 2 aromatic rings. The van der Waals surface area contributed by atoms with Gasteiger partial charge in [0.05, 0.1) is 6.42 Å². The van der Waals surface area contributed by atoms with Crippen LogP contribution in [0.25, 0.3) is 0 Å². The highest BCUT2D eigenvalue weighted by atomic mass is 32.1. The van der Waals surface area contributed by atoms with Gasteiger partial charge in [0, 0.05) is 23.0 Å². The quantitative estimate of drug-likeness (QED) is 0.920. The van der Waals surface area contributed by atoms with Gasteiger partial charge < -0.3 is 5.11 Å². The molecular weight excluding hydrogens is 288 g/mol. The number of rotatable bonds is 5. The lowest BCUT2D eigenvalue weighted by atomic mass is 10.1. The summed E-state index contributed by atoms with van der Waals surface area (Å²) >= 11 is 1.62. The molecule has 0 amide bonds. The number of carboxylic acid groups (broad SMARTS) is 1. The van der Waals surface area contributed by atoms with Gasteiger partial charge in [0.2, 0.25) is 0 Å². The number of carboxylic acids is 1. The van der Waals surface area contributed by atoms with Gasteiger partial charge in [-0.15, -0.1) is 0 Å². The average Bonchev–Trinajstić information content (AvgIpc) is 2.86. The van der Waals surface area contributed by atoms with Crippen molar-refractivity contribution in [1.29, 1.82) is 0 Å². The predicted octanol–water partition coefficient (Wildman–Crippen LogP) is 2.35. The van der Waals surface area contributed by atoms with Crippen LogP contribution in [0.5, 0.6) is 0 Å². The van der Waals surface area contributed by atoms with Crippen LogP contribution in [0.2, 0.25) is 0 Å². The van der Waals surface area contributed by atoms with E-state index in [4.69, 9.17) is 5.11 Å². The number of hydrogen-bond acceptors (Lipinski definition) is 4.